The number of nitrogens with one attached hydrogen (secondary N) is 2. The summed E-state index contributed by atoms with van der Waals surface area (Å²) in [5, 5.41) is 0.539. The maximum atomic E-state index is 12.3. The molecule has 3 rings (SSSR count). The minimum absolute atomic E-state index is 0.0585. The number of amides is 4. The lowest BCUT2D eigenvalue weighted by atomic mass is 10.0. The summed E-state index contributed by atoms with van der Waals surface area (Å²) in [5.74, 6) is -1.22. The second-order valence-electron chi connectivity index (χ2n) is 5.70. The fraction of sp³-hybridized carbons (Fsp3) is 0.385. The van der Waals surface area contributed by atoms with Gasteiger partial charge in [-0.1, -0.05) is 0 Å². The number of fused-ring (bicyclic) bond motifs is 2. The highest BCUT2D eigenvalue weighted by atomic mass is 32.3. The van der Waals surface area contributed by atoms with E-state index >= 15 is 0 Å². The molecule has 0 radical (unpaired) electrons. The van der Waals surface area contributed by atoms with Crippen LogP contribution in [0.3, 0.4) is 0 Å². The molecule has 12 nitrogen and oxygen atoms in total. The lowest BCUT2D eigenvalue weighted by Gasteiger charge is -2.29. The molecule has 140 valence electrons. The average Bonchev–Trinajstić information content (AvgIpc) is 2.84. The third-order valence-electron chi connectivity index (χ3n) is 4.02. The summed E-state index contributed by atoms with van der Waals surface area (Å²) < 4.78 is 34.7. The summed E-state index contributed by atoms with van der Waals surface area (Å²) >= 11 is 0. The number of nitrogens with zero attached hydrogens (tertiary/aromatic N) is 3. The van der Waals surface area contributed by atoms with Gasteiger partial charge in [-0.15, -0.1) is 4.28 Å². The van der Waals surface area contributed by atoms with Gasteiger partial charge in [0.2, 0.25) is 0 Å². The fourth-order valence-electron chi connectivity index (χ4n) is 2.88. The van der Waals surface area contributed by atoms with Gasteiger partial charge in [-0.05, 0) is 25.0 Å². The number of urea groups is 1. The lowest BCUT2D eigenvalue weighted by molar-refractivity contribution is -0.126. The Morgan fingerprint density at radius 1 is 1.31 bits per heavy atom. The van der Waals surface area contributed by atoms with Gasteiger partial charge in [-0.2, -0.15) is 13.5 Å². The predicted molar refractivity (Wildman–Crippen MR) is 83.2 cm³/mol. The molecule has 2 saturated heterocycles. The smallest absolute Gasteiger partial charge is 0.309 e. The van der Waals surface area contributed by atoms with Crippen molar-refractivity contribution in [1.82, 2.24) is 25.8 Å². The van der Waals surface area contributed by atoms with E-state index in [1.165, 1.54) is 18.5 Å². The molecule has 2 bridgehead atoms. The number of piperidine rings is 1. The Labute approximate surface area is 148 Å². The third kappa shape index (κ3) is 3.74. The maximum absolute atomic E-state index is 12.3. The Kier molecular flexibility index (Phi) is 4.76. The van der Waals surface area contributed by atoms with Crippen molar-refractivity contribution in [3.63, 3.8) is 0 Å². The van der Waals surface area contributed by atoms with E-state index in [-0.39, 0.29) is 24.9 Å². The molecule has 2 aliphatic rings. The number of hydrogen-bond acceptors (Lipinski definition) is 7. The molecule has 3 heterocycles. The highest BCUT2D eigenvalue weighted by Gasteiger charge is 2.49. The Morgan fingerprint density at radius 2 is 2.08 bits per heavy atom. The molecular weight excluding hydrogens is 370 g/mol. The van der Waals surface area contributed by atoms with E-state index in [2.05, 4.69) is 20.1 Å². The molecule has 2 aliphatic heterocycles. The molecule has 0 spiro atoms. The number of hydrogen-bond donors (Lipinski definition) is 3. The quantitative estimate of drug-likeness (QED) is 0.433. The predicted octanol–water partition coefficient (Wildman–Crippen LogP) is -1.15. The van der Waals surface area contributed by atoms with E-state index in [0.29, 0.717) is 5.06 Å². The van der Waals surface area contributed by atoms with Crippen LogP contribution in [0, 0.1) is 0 Å². The van der Waals surface area contributed by atoms with Crippen LogP contribution in [0.1, 0.15) is 23.2 Å². The van der Waals surface area contributed by atoms with Crippen LogP contribution in [0.15, 0.2) is 24.5 Å². The first-order chi connectivity index (χ1) is 12.3. The highest BCUT2D eigenvalue weighted by Crippen LogP contribution is 2.30. The second-order valence-corrected chi connectivity index (χ2v) is 6.70. The van der Waals surface area contributed by atoms with Gasteiger partial charge in [-0.25, -0.2) is 4.79 Å². The second kappa shape index (κ2) is 6.86. The largest absolute Gasteiger partial charge is 0.418 e. The number of rotatable bonds is 4. The first kappa shape index (κ1) is 18.0. The van der Waals surface area contributed by atoms with Crippen molar-refractivity contribution in [1.29, 1.82) is 0 Å². The summed E-state index contributed by atoms with van der Waals surface area (Å²) in [6.07, 6.45) is 3.33. The molecule has 0 unspecified atom stereocenters. The zero-order valence-electron chi connectivity index (χ0n) is 13.2. The van der Waals surface area contributed by atoms with Crippen LogP contribution in [0.2, 0.25) is 0 Å². The average molecular weight is 385 g/mol. The molecule has 0 aromatic carbocycles. The van der Waals surface area contributed by atoms with Gasteiger partial charge >= 0.3 is 16.4 Å². The van der Waals surface area contributed by atoms with Crippen molar-refractivity contribution in [2.75, 3.05) is 6.54 Å². The summed E-state index contributed by atoms with van der Waals surface area (Å²) in [4.78, 5) is 41.3. The summed E-state index contributed by atoms with van der Waals surface area (Å²) in [6, 6.07) is 0.698. The Bertz CT molecular complexity index is 831. The monoisotopic (exact) mass is 385 g/mol. The van der Waals surface area contributed by atoms with E-state index in [9.17, 15) is 22.8 Å². The van der Waals surface area contributed by atoms with E-state index in [0.717, 1.165) is 4.90 Å². The number of aromatic nitrogens is 1. The summed E-state index contributed by atoms with van der Waals surface area (Å²) in [7, 11) is -4.85. The fourth-order valence-corrected chi connectivity index (χ4v) is 3.26. The molecule has 0 aliphatic carbocycles. The van der Waals surface area contributed by atoms with Crippen molar-refractivity contribution in [3.8, 4) is 0 Å². The SMILES string of the molecule is O=C(NNC(=O)[C@@H]1CC[C@@H]2CN1C(=O)N2OS(=O)(=O)O)c1cccnc1. The van der Waals surface area contributed by atoms with Gasteiger partial charge in [0.15, 0.2) is 0 Å². The van der Waals surface area contributed by atoms with Crippen molar-refractivity contribution < 1.29 is 31.6 Å². The highest BCUT2D eigenvalue weighted by molar-refractivity contribution is 7.80. The van der Waals surface area contributed by atoms with Crippen LogP contribution in [0.25, 0.3) is 0 Å². The van der Waals surface area contributed by atoms with Gasteiger partial charge in [0, 0.05) is 18.9 Å². The van der Waals surface area contributed by atoms with Crippen LogP contribution in [0.5, 0.6) is 0 Å². The molecule has 2 fully saturated rings. The first-order valence-corrected chi connectivity index (χ1v) is 8.90. The van der Waals surface area contributed by atoms with E-state index < -0.39 is 40.3 Å². The van der Waals surface area contributed by atoms with Gasteiger partial charge in [0.05, 0.1) is 11.6 Å². The Hall–Kier alpha value is -2.77. The van der Waals surface area contributed by atoms with Gasteiger partial charge in [0.25, 0.3) is 11.8 Å². The molecule has 1 aromatic rings. The summed E-state index contributed by atoms with van der Waals surface area (Å²) in [6.45, 7) is 0.0585. The van der Waals surface area contributed by atoms with E-state index in [1.54, 1.807) is 6.07 Å². The van der Waals surface area contributed by atoms with Crippen LogP contribution in [-0.4, -0.2) is 64.4 Å². The molecule has 4 amide bonds. The van der Waals surface area contributed by atoms with Gasteiger partial charge in [0.1, 0.15) is 6.04 Å². The van der Waals surface area contributed by atoms with E-state index in [1.807, 2.05) is 0 Å². The van der Waals surface area contributed by atoms with E-state index in [4.69, 9.17) is 4.55 Å². The molecule has 26 heavy (non-hydrogen) atoms. The number of carbonyl (C=O) groups is 3. The Morgan fingerprint density at radius 3 is 2.73 bits per heavy atom. The number of pyridine rings is 1. The topological polar surface area (TPSA) is 158 Å². The maximum Gasteiger partial charge on any atom is 0.418 e. The van der Waals surface area contributed by atoms with Crippen LogP contribution in [0.4, 0.5) is 4.79 Å². The van der Waals surface area contributed by atoms with Crippen LogP contribution < -0.4 is 10.9 Å². The molecule has 3 N–H and O–H groups in total. The zero-order chi connectivity index (χ0) is 18.9. The molecule has 0 saturated carbocycles. The molecule has 2 atom stereocenters. The lowest BCUT2D eigenvalue weighted by Crippen LogP contribution is -2.54. The van der Waals surface area contributed by atoms with Crippen molar-refractivity contribution in [3.05, 3.63) is 30.1 Å². The van der Waals surface area contributed by atoms with Crippen LogP contribution >= 0.6 is 0 Å². The zero-order valence-corrected chi connectivity index (χ0v) is 14.0. The van der Waals surface area contributed by atoms with Crippen LogP contribution in [-0.2, 0) is 19.5 Å². The van der Waals surface area contributed by atoms with Gasteiger partial charge in [-0.3, -0.25) is 30.0 Å². The molecule has 13 heteroatoms. The third-order valence-corrected chi connectivity index (χ3v) is 4.37. The van der Waals surface area contributed by atoms with Gasteiger partial charge < -0.3 is 4.90 Å². The van der Waals surface area contributed by atoms with Crippen molar-refractivity contribution in [2.24, 2.45) is 0 Å². The Balaban J connectivity index is 1.61. The normalized spacial score (nSPS) is 22.3. The molecule has 1 aromatic heterocycles. The van der Waals surface area contributed by atoms with Crippen molar-refractivity contribution >= 4 is 28.2 Å². The number of hydroxylamine groups is 2. The first-order valence-electron chi connectivity index (χ1n) is 7.53. The number of carbonyl (C=O) groups excluding carboxylic acids is 3. The minimum Gasteiger partial charge on any atom is -0.309 e. The standard InChI is InChI=1S/C13H15N5O7S/c19-11(8-2-1-5-14-6-8)15-16-12(20)10-4-3-9-7-17(10)13(21)18(9)25-26(22,23)24/h1-2,5-6,9-10H,3-4,7H2,(H,15,19)(H,16,20)(H,22,23,24)/t9-,10+/m1/s1. The number of hydrazine groups is 1. The van der Waals surface area contributed by atoms with Crippen molar-refractivity contribution in [2.45, 2.75) is 24.9 Å². The summed E-state index contributed by atoms with van der Waals surface area (Å²) in [5.41, 5.74) is 4.69. The molecular formula is C13H15N5O7S. The minimum atomic E-state index is -4.85.